The lowest BCUT2D eigenvalue weighted by Crippen LogP contribution is -2.57. The van der Waals surface area contributed by atoms with Crippen LogP contribution in [0.2, 0.25) is 4.34 Å². The first kappa shape index (κ1) is 14.1. The van der Waals surface area contributed by atoms with Gasteiger partial charge < -0.3 is 14.5 Å². The molecule has 1 aromatic carbocycles. The predicted molar refractivity (Wildman–Crippen MR) is 94.6 cm³/mol. The third-order valence-corrected chi connectivity index (χ3v) is 6.71. The Balaban J connectivity index is 1.56. The van der Waals surface area contributed by atoms with Crippen LogP contribution in [0.4, 0.5) is 5.69 Å². The first-order valence-electron chi connectivity index (χ1n) is 8.31. The summed E-state index contributed by atoms with van der Waals surface area (Å²) in [7, 11) is 0. The summed E-state index contributed by atoms with van der Waals surface area (Å²) < 4.78 is 7.17. The fourth-order valence-corrected chi connectivity index (χ4v) is 5.42. The van der Waals surface area contributed by atoms with Crippen LogP contribution in [-0.2, 0) is 0 Å². The molecule has 3 fully saturated rings. The molecular weight excluding hydrogens is 328 g/mol. The molecule has 23 heavy (non-hydrogen) atoms. The summed E-state index contributed by atoms with van der Waals surface area (Å²) in [5.74, 6) is 1.77. The molecule has 4 aliphatic heterocycles. The topological polar surface area (TPSA) is 15.7 Å². The van der Waals surface area contributed by atoms with Crippen LogP contribution in [0.3, 0.4) is 0 Å². The predicted octanol–water partition coefficient (Wildman–Crippen LogP) is 4.39. The zero-order chi connectivity index (χ0) is 15.4. The maximum Gasteiger partial charge on any atom is 0.208 e. The number of thiophene rings is 1. The Labute approximate surface area is 145 Å². The molecule has 0 aliphatic carbocycles. The van der Waals surface area contributed by atoms with E-state index >= 15 is 0 Å². The third-order valence-electron chi connectivity index (χ3n) is 5.45. The minimum absolute atomic E-state index is 0.0320. The number of halogens is 1. The van der Waals surface area contributed by atoms with E-state index in [2.05, 4.69) is 40.1 Å². The highest BCUT2D eigenvalue weighted by atomic mass is 35.5. The van der Waals surface area contributed by atoms with E-state index in [-0.39, 0.29) is 6.23 Å². The fourth-order valence-electron chi connectivity index (χ4n) is 4.33. The van der Waals surface area contributed by atoms with E-state index in [0.29, 0.717) is 6.04 Å². The van der Waals surface area contributed by atoms with Crippen molar-refractivity contribution in [2.24, 2.45) is 5.92 Å². The second-order valence-corrected chi connectivity index (χ2v) is 8.44. The lowest BCUT2D eigenvalue weighted by Gasteiger charge is -2.49. The number of piperidine rings is 3. The van der Waals surface area contributed by atoms with Gasteiger partial charge in [-0.3, -0.25) is 0 Å². The van der Waals surface area contributed by atoms with Gasteiger partial charge in [-0.25, -0.2) is 0 Å². The van der Waals surface area contributed by atoms with Gasteiger partial charge in [0.25, 0.3) is 0 Å². The Bertz CT molecular complexity index is 725. The zero-order valence-corrected chi connectivity index (χ0v) is 14.4. The first-order valence-corrected chi connectivity index (χ1v) is 9.50. The molecule has 2 atom stereocenters. The number of benzene rings is 1. The monoisotopic (exact) mass is 346 g/mol. The summed E-state index contributed by atoms with van der Waals surface area (Å²) >= 11 is 7.81. The maximum atomic E-state index is 6.34. The summed E-state index contributed by atoms with van der Waals surface area (Å²) in [4.78, 5) is 6.32. The van der Waals surface area contributed by atoms with E-state index in [9.17, 15) is 0 Å². The number of nitrogens with zero attached hydrogens (tertiary/aromatic N) is 2. The van der Waals surface area contributed by atoms with Crippen molar-refractivity contribution in [3.8, 4) is 5.75 Å². The zero-order valence-electron chi connectivity index (χ0n) is 12.8. The Kier molecular flexibility index (Phi) is 3.32. The van der Waals surface area contributed by atoms with Gasteiger partial charge >= 0.3 is 0 Å². The minimum Gasteiger partial charge on any atom is -0.463 e. The van der Waals surface area contributed by atoms with Crippen LogP contribution in [0.5, 0.6) is 5.75 Å². The number of hydrogen-bond donors (Lipinski definition) is 0. The number of para-hydroxylation sites is 2. The van der Waals surface area contributed by atoms with Crippen LogP contribution in [0.25, 0.3) is 0 Å². The Hall–Kier alpha value is -1.23. The van der Waals surface area contributed by atoms with Gasteiger partial charge in [-0.1, -0.05) is 23.7 Å². The highest BCUT2D eigenvalue weighted by molar-refractivity contribution is 7.16. The van der Waals surface area contributed by atoms with Crippen molar-refractivity contribution in [2.45, 2.75) is 25.1 Å². The quantitative estimate of drug-likeness (QED) is 0.802. The number of rotatable bonds is 2. The van der Waals surface area contributed by atoms with E-state index in [1.807, 2.05) is 6.07 Å². The molecule has 2 aromatic rings. The van der Waals surface area contributed by atoms with Crippen LogP contribution >= 0.6 is 22.9 Å². The number of ether oxygens (including phenoxy) is 1. The number of anilines is 1. The van der Waals surface area contributed by atoms with Gasteiger partial charge in [0.1, 0.15) is 5.75 Å². The number of fused-ring (bicyclic) bond motifs is 4. The molecule has 0 radical (unpaired) electrons. The molecule has 5 heteroatoms. The molecule has 0 saturated carbocycles. The normalized spacial score (nSPS) is 32.0. The van der Waals surface area contributed by atoms with E-state index in [0.717, 1.165) is 22.5 Å². The van der Waals surface area contributed by atoms with E-state index in [1.165, 1.54) is 36.5 Å². The van der Waals surface area contributed by atoms with Crippen LogP contribution in [0, 0.1) is 5.92 Å². The van der Waals surface area contributed by atoms with Crippen molar-refractivity contribution in [3.63, 3.8) is 0 Å². The van der Waals surface area contributed by atoms with Crippen molar-refractivity contribution in [2.75, 3.05) is 24.5 Å². The van der Waals surface area contributed by atoms with E-state index < -0.39 is 0 Å². The molecule has 3 nitrogen and oxygen atoms in total. The Morgan fingerprint density at radius 3 is 2.61 bits per heavy atom. The molecular formula is C18H19ClN2OS. The van der Waals surface area contributed by atoms with Gasteiger partial charge in [0, 0.05) is 12.6 Å². The van der Waals surface area contributed by atoms with Crippen molar-refractivity contribution in [1.29, 1.82) is 0 Å². The second kappa shape index (κ2) is 5.40. The van der Waals surface area contributed by atoms with E-state index in [4.69, 9.17) is 16.3 Å². The third kappa shape index (κ3) is 2.27. The fraction of sp³-hybridized carbons (Fsp3) is 0.444. The lowest BCUT2D eigenvalue weighted by atomic mass is 9.83. The molecule has 0 spiro atoms. The van der Waals surface area contributed by atoms with Crippen molar-refractivity contribution >= 4 is 28.6 Å². The number of hydrogen-bond acceptors (Lipinski definition) is 4. The second-order valence-electron chi connectivity index (χ2n) is 6.69. The smallest absolute Gasteiger partial charge is 0.208 e. The highest BCUT2D eigenvalue weighted by Crippen LogP contribution is 2.49. The summed E-state index contributed by atoms with van der Waals surface area (Å²) in [6, 6.07) is 13.1. The molecule has 0 amide bonds. The van der Waals surface area contributed by atoms with Crippen LogP contribution in [0.15, 0.2) is 36.4 Å². The largest absolute Gasteiger partial charge is 0.463 e. The van der Waals surface area contributed by atoms with Gasteiger partial charge in [-0.2, -0.15) is 0 Å². The van der Waals surface area contributed by atoms with Gasteiger partial charge in [0.05, 0.1) is 14.9 Å². The SMILES string of the molecule is Clc1ccc([C@@H]2Oc3ccccc3N2C2CN3CCC2CC3)s1. The Morgan fingerprint density at radius 1 is 1.09 bits per heavy atom. The lowest BCUT2D eigenvalue weighted by molar-refractivity contribution is 0.0704. The van der Waals surface area contributed by atoms with Crippen molar-refractivity contribution in [3.05, 3.63) is 45.6 Å². The van der Waals surface area contributed by atoms with Crippen LogP contribution in [0.1, 0.15) is 23.9 Å². The molecule has 0 N–H and O–H groups in total. The summed E-state index contributed by atoms with van der Waals surface area (Å²) in [6.07, 6.45) is 2.58. The van der Waals surface area contributed by atoms with Gasteiger partial charge in [0.2, 0.25) is 6.23 Å². The van der Waals surface area contributed by atoms with Gasteiger partial charge in [0.15, 0.2) is 0 Å². The summed E-state index contributed by atoms with van der Waals surface area (Å²) in [5, 5.41) is 0. The molecule has 3 saturated heterocycles. The molecule has 1 aromatic heterocycles. The molecule has 2 bridgehead atoms. The average Bonchev–Trinajstić information content (AvgIpc) is 3.19. The standard InChI is InChI=1S/C18H19ClN2OS/c19-17-6-5-16(23-17)18-21(13-3-1-2-4-15(13)22-18)14-11-20-9-7-12(14)8-10-20/h1-6,12,14,18H,7-11H2/t14?,18-/m0/s1. The first-order chi connectivity index (χ1) is 11.3. The molecule has 1 unspecified atom stereocenters. The van der Waals surface area contributed by atoms with Crippen LogP contribution in [-0.4, -0.2) is 30.6 Å². The molecule has 4 aliphatic rings. The molecule has 120 valence electrons. The minimum atomic E-state index is -0.0320. The van der Waals surface area contributed by atoms with Crippen molar-refractivity contribution < 1.29 is 4.74 Å². The van der Waals surface area contributed by atoms with E-state index in [1.54, 1.807) is 11.3 Å². The maximum absolute atomic E-state index is 6.34. The van der Waals surface area contributed by atoms with Crippen molar-refractivity contribution in [1.82, 2.24) is 4.90 Å². The summed E-state index contributed by atoms with van der Waals surface area (Å²) in [5.41, 5.74) is 1.24. The molecule has 5 heterocycles. The van der Waals surface area contributed by atoms with Gasteiger partial charge in [-0.15, -0.1) is 11.3 Å². The average molecular weight is 347 g/mol. The molecule has 6 rings (SSSR count). The summed E-state index contributed by atoms with van der Waals surface area (Å²) in [6.45, 7) is 3.66. The highest BCUT2D eigenvalue weighted by Gasteiger charge is 2.44. The Morgan fingerprint density at radius 2 is 1.91 bits per heavy atom. The van der Waals surface area contributed by atoms with Crippen LogP contribution < -0.4 is 9.64 Å². The van der Waals surface area contributed by atoms with Gasteiger partial charge in [-0.05, 0) is 56.1 Å².